The number of nitrogens with zero attached hydrogens (tertiary/aromatic N) is 2. The summed E-state index contributed by atoms with van der Waals surface area (Å²) >= 11 is 6.14. The van der Waals surface area contributed by atoms with Gasteiger partial charge >= 0.3 is 0 Å². The molecule has 2 amide bonds. The van der Waals surface area contributed by atoms with E-state index in [2.05, 4.69) is 5.32 Å². The Morgan fingerprint density at radius 1 is 0.857 bits per heavy atom. The van der Waals surface area contributed by atoms with Gasteiger partial charge in [0.25, 0.3) is 5.91 Å². The third kappa shape index (κ3) is 8.70. The van der Waals surface area contributed by atoms with Gasteiger partial charge in [0.1, 0.15) is 11.8 Å². The van der Waals surface area contributed by atoms with Gasteiger partial charge in [0.05, 0.1) is 18.1 Å². The Kier molecular flexibility index (Phi) is 11.0. The van der Waals surface area contributed by atoms with E-state index in [-0.39, 0.29) is 56.8 Å². The molecule has 6 rings (SSSR count). The summed E-state index contributed by atoms with van der Waals surface area (Å²) in [4.78, 5) is 29.6. The summed E-state index contributed by atoms with van der Waals surface area (Å²) < 4.78 is 49.5. The number of hydrogen-bond donors (Lipinski definition) is 1. The molecule has 1 fully saturated rings. The highest BCUT2D eigenvalue weighted by molar-refractivity contribution is 7.89. The van der Waals surface area contributed by atoms with Gasteiger partial charge in [0.2, 0.25) is 22.7 Å². The molecule has 2 heterocycles. The van der Waals surface area contributed by atoms with Gasteiger partial charge < -0.3 is 29.2 Å². The van der Waals surface area contributed by atoms with E-state index in [9.17, 15) is 18.0 Å². The highest BCUT2D eigenvalue weighted by atomic mass is 35.5. The lowest BCUT2D eigenvalue weighted by Gasteiger charge is -2.31. The number of morpholine rings is 1. The van der Waals surface area contributed by atoms with Crippen LogP contribution in [0.5, 0.6) is 17.2 Å². The van der Waals surface area contributed by atoms with Crippen LogP contribution in [0.15, 0.2) is 102 Å². The molecule has 13 heteroatoms. The summed E-state index contributed by atoms with van der Waals surface area (Å²) in [6, 6.07) is 27.1. The van der Waals surface area contributed by atoms with Gasteiger partial charge in [-0.25, -0.2) is 8.42 Å². The van der Waals surface area contributed by atoms with Crippen LogP contribution in [0.3, 0.4) is 0 Å². The van der Waals surface area contributed by atoms with Gasteiger partial charge in [-0.05, 0) is 65.2 Å². The van der Waals surface area contributed by atoms with Crippen molar-refractivity contribution in [1.82, 2.24) is 14.5 Å². The molecule has 256 valence electrons. The molecule has 0 radical (unpaired) electrons. The molecule has 0 aromatic heterocycles. The topological polar surface area (TPSA) is 124 Å². The van der Waals surface area contributed by atoms with Gasteiger partial charge in [-0.15, -0.1) is 0 Å². The average Bonchev–Trinajstić information content (AvgIpc) is 3.61. The van der Waals surface area contributed by atoms with E-state index in [1.807, 2.05) is 42.5 Å². The molecule has 1 atom stereocenters. The fourth-order valence-electron chi connectivity index (χ4n) is 5.57. The lowest BCUT2D eigenvalue weighted by Crippen LogP contribution is -2.51. The highest BCUT2D eigenvalue weighted by Gasteiger charge is 2.31. The molecule has 4 aromatic carbocycles. The summed E-state index contributed by atoms with van der Waals surface area (Å²) in [5.74, 6) is 0.786. The molecule has 4 aromatic rings. The van der Waals surface area contributed by atoms with Crippen molar-refractivity contribution in [3.8, 4) is 17.2 Å². The first kappa shape index (κ1) is 34.3. The van der Waals surface area contributed by atoms with Crippen LogP contribution in [0, 0.1) is 0 Å². The van der Waals surface area contributed by atoms with E-state index in [1.54, 1.807) is 30.3 Å². The Balaban J connectivity index is 1.21. The van der Waals surface area contributed by atoms with Crippen LogP contribution in [0.2, 0.25) is 5.02 Å². The van der Waals surface area contributed by atoms with Gasteiger partial charge in [-0.2, -0.15) is 4.31 Å². The first-order valence-electron chi connectivity index (χ1n) is 15.8. The number of hydrogen-bond acceptors (Lipinski definition) is 8. The fourth-order valence-corrected chi connectivity index (χ4v) is 7.10. The molecule has 2 aliphatic rings. The number of halogens is 1. The van der Waals surface area contributed by atoms with E-state index < -0.39 is 22.0 Å². The number of rotatable bonds is 13. The largest absolute Gasteiger partial charge is 0.484 e. The number of amides is 2. The van der Waals surface area contributed by atoms with Gasteiger partial charge in [-0.3, -0.25) is 9.59 Å². The van der Waals surface area contributed by atoms with Gasteiger partial charge in [0, 0.05) is 37.6 Å². The number of sulfonamides is 1. The Labute approximate surface area is 290 Å². The quantitative estimate of drug-likeness (QED) is 0.217. The van der Waals surface area contributed by atoms with Crippen LogP contribution in [0.1, 0.15) is 16.7 Å². The number of benzene rings is 4. The lowest BCUT2D eigenvalue weighted by molar-refractivity contribution is -0.142. The predicted octanol–water partition coefficient (Wildman–Crippen LogP) is 4.42. The monoisotopic (exact) mass is 705 g/mol. The fraction of sp³-hybridized carbons (Fsp3) is 0.278. The second kappa shape index (κ2) is 15.7. The number of fused-ring (bicyclic) bond motifs is 1. The summed E-state index contributed by atoms with van der Waals surface area (Å²) in [5, 5.41) is 3.55. The van der Waals surface area contributed by atoms with Gasteiger partial charge in [0.15, 0.2) is 18.1 Å². The molecule has 1 unspecified atom stereocenters. The van der Waals surface area contributed by atoms with Crippen molar-refractivity contribution in [2.45, 2.75) is 30.4 Å². The third-order valence-electron chi connectivity index (χ3n) is 8.23. The third-order valence-corrected chi connectivity index (χ3v) is 10.4. The summed E-state index contributed by atoms with van der Waals surface area (Å²) in [5.41, 5.74) is 2.46. The first-order valence-corrected chi connectivity index (χ1v) is 17.6. The van der Waals surface area contributed by atoms with Crippen LogP contribution < -0.4 is 19.5 Å². The molecule has 1 saturated heterocycles. The minimum atomic E-state index is -3.68. The van der Waals surface area contributed by atoms with E-state index in [0.29, 0.717) is 35.5 Å². The van der Waals surface area contributed by atoms with Crippen molar-refractivity contribution in [1.29, 1.82) is 0 Å². The van der Waals surface area contributed by atoms with Crippen LogP contribution in [0.4, 0.5) is 0 Å². The Bertz CT molecular complexity index is 1850. The molecule has 1 N–H and O–H groups in total. The Morgan fingerprint density at radius 3 is 2.29 bits per heavy atom. The highest BCUT2D eigenvalue weighted by Crippen LogP contribution is 2.32. The molecular weight excluding hydrogens is 670 g/mol. The second-order valence-corrected chi connectivity index (χ2v) is 13.9. The van der Waals surface area contributed by atoms with E-state index in [0.717, 1.165) is 16.7 Å². The first-order chi connectivity index (χ1) is 23.8. The predicted molar refractivity (Wildman–Crippen MR) is 182 cm³/mol. The van der Waals surface area contributed by atoms with Gasteiger partial charge in [-0.1, -0.05) is 60.1 Å². The van der Waals surface area contributed by atoms with Crippen LogP contribution in [-0.2, 0) is 43.9 Å². The molecule has 0 saturated carbocycles. The lowest BCUT2D eigenvalue weighted by atomic mass is 10.0. The number of carbonyl (C=O) groups excluding carboxylic acids is 2. The maximum Gasteiger partial charge on any atom is 0.261 e. The summed E-state index contributed by atoms with van der Waals surface area (Å²) in [6.45, 7) is 1.34. The Hall–Kier alpha value is -4.62. The van der Waals surface area contributed by atoms with Crippen molar-refractivity contribution in [2.75, 3.05) is 39.7 Å². The molecule has 2 aliphatic heterocycles. The summed E-state index contributed by atoms with van der Waals surface area (Å²) in [7, 11) is -3.68. The minimum absolute atomic E-state index is 0.116. The van der Waals surface area contributed by atoms with Crippen molar-refractivity contribution in [3.05, 3.63) is 119 Å². The van der Waals surface area contributed by atoms with Crippen LogP contribution in [0.25, 0.3) is 0 Å². The molecular formula is C36H36ClN3O8S. The summed E-state index contributed by atoms with van der Waals surface area (Å²) in [6.07, 6.45) is 0.251. The van der Waals surface area contributed by atoms with Crippen LogP contribution in [-0.4, -0.2) is 75.2 Å². The number of ether oxygens (including phenoxy) is 4. The van der Waals surface area contributed by atoms with Crippen molar-refractivity contribution in [3.63, 3.8) is 0 Å². The zero-order valence-corrected chi connectivity index (χ0v) is 28.2. The number of carbonyl (C=O) groups is 2. The van der Waals surface area contributed by atoms with Crippen molar-refractivity contribution >= 4 is 33.4 Å². The van der Waals surface area contributed by atoms with Crippen LogP contribution >= 0.6 is 11.6 Å². The molecule has 49 heavy (non-hydrogen) atoms. The minimum Gasteiger partial charge on any atom is -0.484 e. The van der Waals surface area contributed by atoms with Crippen molar-refractivity contribution in [2.24, 2.45) is 0 Å². The molecule has 0 spiro atoms. The maximum atomic E-state index is 14.0. The zero-order valence-electron chi connectivity index (χ0n) is 26.6. The van der Waals surface area contributed by atoms with E-state index in [1.165, 1.54) is 33.5 Å². The van der Waals surface area contributed by atoms with E-state index >= 15 is 0 Å². The molecule has 0 bridgehead atoms. The van der Waals surface area contributed by atoms with Crippen molar-refractivity contribution < 1.29 is 37.0 Å². The van der Waals surface area contributed by atoms with E-state index in [4.69, 9.17) is 30.5 Å². The molecule has 11 nitrogen and oxygen atoms in total. The standard InChI is InChI=1S/C36H36ClN3O8S/c37-29-9-6-27(7-10-29)23-40(35(41)24-46-30-11-13-31(14-12-30)49(43,44)39-16-18-45-19-17-39)32(20-26-4-2-1-3-5-26)36(42)38-22-28-8-15-33-34(21-28)48-25-47-33/h1-15,21,32H,16-20,22-25H2,(H,38,42). The average molecular weight is 706 g/mol. The normalized spacial score (nSPS) is 15.0. The zero-order chi connectivity index (χ0) is 34.2. The Morgan fingerprint density at radius 2 is 1.55 bits per heavy atom. The SMILES string of the molecule is O=C(NCc1ccc2c(c1)OCO2)C(Cc1ccccc1)N(Cc1ccc(Cl)cc1)C(=O)COc1ccc(S(=O)(=O)N2CCOCC2)cc1. The number of nitrogens with one attached hydrogen (secondary N) is 1. The maximum absolute atomic E-state index is 14.0. The molecule has 0 aliphatic carbocycles. The smallest absolute Gasteiger partial charge is 0.261 e. The second-order valence-electron chi connectivity index (χ2n) is 11.5.